The molecule has 10 heteroatoms. The first-order valence-corrected chi connectivity index (χ1v) is 11.2. The van der Waals surface area contributed by atoms with Crippen LogP contribution in [0.4, 0.5) is 5.69 Å². The van der Waals surface area contributed by atoms with Gasteiger partial charge < -0.3 is 25.2 Å². The molecule has 0 heterocycles. The van der Waals surface area contributed by atoms with E-state index in [9.17, 15) is 34.2 Å². The fraction of sp³-hybridized carbons (Fsp3) is 0.542. The van der Waals surface area contributed by atoms with Crippen LogP contribution in [0.25, 0.3) is 0 Å². The molecule has 1 aromatic carbocycles. The molecular weight excluding hydrogens is 444 g/mol. The maximum absolute atomic E-state index is 12.4. The van der Waals surface area contributed by atoms with Gasteiger partial charge in [0.1, 0.15) is 5.78 Å². The van der Waals surface area contributed by atoms with Gasteiger partial charge in [0, 0.05) is 51.3 Å². The van der Waals surface area contributed by atoms with Gasteiger partial charge in [-0.1, -0.05) is 6.07 Å². The molecule has 188 valence electrons. The molecule has 0 aliphatic carbocycles. The number of carbonyl (C=O) groups is 5. The number of anilines is 1. The summed E-state index contributed by atoms with van der Waals surface area (Å²) in [6, 6.07) is 4.88. The molecule has 0 aromatic heterocycles. The number of amides is 2. The maximum Gasteiger partial charge on any atom is 0.305 e. The molecule has 0 atom stereocenters. The molecule has 1 rings (SSSR count). The zero-order valence-electron chi connectivity index (χ0n) is 19.8. The standard InChI is InChI=1S/C24H34N2O8/c1-26(19-12-17(15-27)11-18(13-19)16-28)23(32)10-8-21(30)14-25-22(31)9-7-20(29)5-3-4-6-24(33)34-2/h11-13,27-28H,3-10,14-16H2,1-2H3,(H,25,31). The van der Waals surface area contributed by atoms with Gasteiger partial charge in [0.2, 0.25) is 11.8 Å². The summed E-state index contributed by atoms with van der Waals surface area (Å²) in [4.78, 5) is 60.5. The van der Waals surface area contributed by atoms with Crippen LogP contribution in [0.5, 0.6) is 0 Å². The molecule has 0 fully saturated rings. The van der Waals surface area contributed by atoms with Crippen molar-refractivity contribution in [1.29, 1.82) is 0 Å². The molecule has 0 radical (unpaired) electrons. The fourth-order valence-electron chi connectivity index (χ4n) is 3.12. The molecule has 3 N–H and O–H groups in total. The van der Waals surface area contributed by atoms with Crippen LogP contribution in [0.1, 0.15) is 62.5 Å². The number of unbranched alkanes of at least 4 members (excludes halogenated alkanes) is 1. The van der Waals surface area contributed by atoms with Gasteiger partial charge in [-0.15, -0.1) is 0 Å². The Labute approximate surface area is 199 Å². The van der Waals surface area contributed by atoms with Gasteiger partial charge in [-0.25, -0.2) is 0 Å². The van der Waals surface area contributed by atoms with Crippen molar-refractivity contribution in [2.75, 3.05) is 25.6 Å². The monoisotopic (exact) mass is 478 g/mol. The van der Waals surface area contributed by atoms with E-state index in [1.807, 2.05) is 0 Å². The number of carbonyl (C=O) groups excluding carboxylic acids is 5. The van der Waals surface area contributed by atoms with Crippen LogP contribution in [-0.4, -0.2) is 60.3 Å². The van der Waals surface area contributed by atoms with Crippen molar-refractivity contribution in [3.05, 3.63) is 29.3 Å². The number of ether oxygens (including phenoxy) is 1. The molecule has 0 aliphatic heterocycles. The summed E-state index contributed by atoms with van der Waals surface area (Å²) < 4.78 is 4.52. The first-order chi connectivity index (χ1) is 16.2. The zero-order valence-corrected chi connectivity index (χ0v) is 19.8. The lowest BCUT2D eigenvalue weighted by Gasteiger charge is -2.19. The van der Waals surface area contributed by atoms with Crippen LogP contribution < -0.4 is 10.2 Å². The third-order valence-corrected chi connectivity index (χ3v) is 5.21. The minimum atomic E-state index is -0.419. The lowest BCUT2D eigenvalue weighted by Crippen LogP contribution is -2.31. The number of Topliss-reactive ketones (excluding diaryl/α,β-unsaturated/α-hetero) is 2. The Kier molecular flexibility index (Phi) is 13.3. The number of nitrogens with one attached hydrogen (secondary N) is 1. The average Bonchev–Trinajstić information content (AvgIpc) is 2.85. The van der Waals surface area contributed by atoms with Crippen LogP contribution in [0.15, 0.2) is 18.2 Å². The van der Waals surface area contributed by atoms with E-state index in [1.165, 1.54) is 12.0 Å². The van der Waals surface area contributed by atoms with Crippen molar-refractivity contribution in [2.24, 2.45) is 0 Å². The second-order valence-corrected chi connectivity index (χ2v) is 7.91. The molecular formula is C24H34N2O8. The number of nitrogens with zero attached hydrogens (tertiary/aromatic N) is 1. The van der Waals surface area contributed by atoms with Gasteiger partial charge >= 0.3 is 5.97 Å². The van der Waals surface area contributed by atoms with Crippen molar-refractivity contribution >= 4 is 35.0 Å². The summed E-state index contributed by atoms with van der Waals surface area (Å²) in [5, 5.41) is 21.1. The Balaban J connectivity index is 2.31. The van der Waals surface area contributed by atoms with E-state index < -0.39 is 5.91 Å². The molecule has 0 unspecified atom stereocenters. The number of hydrogen-bond donors (Lipinski definition) is 3. The molecule has 34 heavy (non-hydrogen) atoms. The second kappa shape index (κ2) is 15.7. The Bertz CT molecular complexity index is 846. The number of ketones is 2. The van der Waals surface area contributed by atoms with E-state index in [1.54, 1.807) is 25.2 Å². The Morgan fingerprint density at radius 3 is 2.00 bits per heavy atom. The average molecular weight is 479 g/mol. The largest absolute Gasteiger partial charge is 0.469 e. The molecule has 2 amide bonds. The topological polar surface area (TPSA) is 150 Å². The van der Waals surface area contributed by atoms with Crippen molar-refractivity contribution in [3.63, 3.8) is 0 Å². The van der Waals surface area contributed by atoms with Gasteiger partial charge in [-0.05, 0) is 36.1 Å². The number of esters is 1. The summed E-state index contributed by atoms with van der Waals surface area (Å²) in [7, 11) is 2.85. The number of methoxy groups -OCH3 is 1. The summed E-state index contributed by atoms with van der Waals surface area (Å²) >= 11 is 0. The van der Waals surface area contributed by atoms with E-state index in [-0.39, 0.29) is 81.7 Å². The highest BCUT2D eigenvalue weighted by Crippen LogP contribution is 2.20. The molecule has 10 nitrogen and oxygen atoms in total. The first kappa shape index (κ1) is 28.9. The van der Waals surface area contributed by atoms with Gasteiger partial charge in [0.05, 0.1) is 26.9 Å². The molecule has 0 spiro atoms. The minimum Gasteiger partial charge on any atom is -0.469 e. The van der Waals surface area contributed by atoms with Gasteiger partial charge in [0.25, 0.3) is 0 Å². The Hall–Kier alpha value is -3.11. The van der Waals surface area contributed by atoms with Crippen molar-refractivity contribution < 1.29 is 38.9 Å². The maximum atomic E-state index is 12.4. The first-order valence-electron chi connectivity index (χ1n) is 11.2. The van der Waals surface area contributed by atoms with E-state index in [2.05, 4.69) is 10.1 Å². The van der Waals surface area contributed by atoms with Gasteiger partial charge in [0.15, 0.2) is 5.78 Å². The van der Waals surface area contributed by atoms with Crippen LogP contribution in [-0.2, 0) is 41.9 Å². The molecule has 0 bridgehead atoms. The van der Waals surface area contributed by atoms with Crippen molar-refractivity contribution in [3.8, 4) is 0 Å². The molecule has 0 aliphatic rings. The van der Waals surface area contributed by atoms with E-state index in [0.717, 1.165) is 0 Å². The zero-order chi connectivity index (χ0) is 25.5. The van der Waals surface area contributed by atoms with Crippen LogP contribution >= 0.6 is 0 Å². The van der Waals surface area contributed by atoms with Crippen LogP contribution in [0.2, 0.25) is 0 Å². The molecule has 0 saturated heterocycles. The predicted octanol–water partition coefficient (Wildman–Crippen LogP) is 1.18. The summed E-state index contributed by atoms with van der Waals surface area (Å²) in [6.45, 7) is -0.693. The van der Waals surface area contributed by atoms with Crippen molar-refractivity contribution in [2.45, 2.75) is 64.6 Å². The number of benzene rings is 1. The molecule has 0 saturated carbocycles. The Morgan fingerprint density at radius 2 is 1.41 bits per heavy atom. The molecule has 1 aromatic rings. The third kappa shape index (κ3) is 11.2. The normalized spacial score (nSPS) is 10.5. The van der Waals surface area contributed by atoms with E-state index >= 15 is 0 Å². The SMILES string of the molecule is COC(=O)CCCCC(=O)CCC(=O)NCC(=O)CCC(=O)N(C)c1cc(CO)cc(CO)c1. The lowest BCUT2D eigenvalue weighted by molar-refractivity contribution is -0.140. The number of hydrogen-bond acceptors (Lipinski definition) is 8. The van der Waals surface area contributed by atoms with E-state index in [0.29, 0.717) is 29.7 Å². The van der Waals surface area contributed by atoms with Gasteiger partial charge in [-0.2, -0.15) is 0 Å². The second-order valence-electron chi connectivity index (χ2n) is 7.91. The smallest absolute Gasteiger partial charge is 0.305 e. The number of aliphatic hydroxyl groups excluding tert-OH is 2. The summed E-state index contributed by atoms with van der Waals surface area (Å²) in [5.41, 5.74) is 1.61. The lowest BCUT2D eigenvalue weighted by atomic mass is 10.1. The summed E-state index contributed by atoms with van der Waals surface area (Å²) in [5.74, 6) is -1.47. The highest BCUT2D eigenvalue weighted by molar-refractivity contribution is 5.96. The quantitative estimate of drug-likeness (QED) is 0.237. The number of aliphatic hydroxyl groups is 2. The van der Waals surface area contributed by atoms with Gasteiger partial charge in [-0.3, -0.25) is 24.0 Å². The van der Waals surface area contributed by atoms with E-state index in [4.69, 9.17) is 0 Å². The highest BCUT2D eigenvalue weighted by Gasteiger charge is 2.15. The van der Waals surface area contributed by atoms with Crippen molar-refractivity contribution in [1.82, 2.24) is 5.32 Å². The van der Waals surface area contributed by atoms with Crippen LogP contribution in [0.3, 0.4) is 0 Å². The Morgan fingerprint density at radius 1 is 0.824 bits per heavy atom. The highest BCUT2D eigenvalue weighted by atomic mass is 16.5. The predicted molar refractivity (Wildman–Crippen MR) is 124 cm³/mol. The minimum absolute atomic E-state index is 0.0286. The van der Waals surface area contributed by atoms with Crippen LogP contribution in [0, 0.1) is 0 Å². The summed E-state index contributed by atoms with van der Waals surface area (Å²) in [6.07, 6.45) is 1.53. The fourth-order valence-corrected chi connectivity index (χ4v) is 3.12. The number of rotatable bonds is 16. The third-order valence-electron chi connectivity index (χ3n) is 5.21.